The van der Waals surface area contributed by atoms with Crippen LogP contribution in [0.4, 0.5) is 10.1 Å². The van der Waals surface area contributed by atoms with Crippen molar-refractivity contribution in [1.29, 1.82) is 0 Å². The number of aromatic amines is 1. The van der Waals surface area contributed by atoms with Crippen LogP contribution in [0.5, 0.6) is 5.75 Å². The fourth-order valence-electron chi connectivity index (χ4n) is 4.12. The molecule has 1 fully saturated rings. The summed E-state index contributed by atoms with van der Waals surface area (Å²) in [6, 6.07) is 15.6. The van der Waals surface area contributed by atoms with Crippen molar-refractivity contribution in [3.8, 4) is 17.0 Å². The van der Waals surface area contributed by atoms with Gasteiger partial charge in [0.15, 0.2) is 6.61 Å². The molecular formula is C27H31FN4O3. The lowest BCUT2D eigenvalue weighted by Crippen LogP contribution is -2.32. The highest BCUT2D eigenvalue weighted by Crippen LogP contribution is 2.24. The number of ether oxygens (including phenoxy) is 1. The Bertz CT molecular complexity index is 1130. The summed E-state index contributed by atoms with van der Waals surface area (Å²) in [4.78, 5) is 27.7. The standard InChI is InChI=1S/C27H31FN4O3/c1-31(27(34)19-35-24-14-12-23(13-15-24)32-17-5-7-26(32)33)16-4-2-3-6-22-18-25(30-29-22)20-8-10-21(28)11-9-20/h8-15,18H,2-7,16-17,19H2,1H3,(H,29,30). The van der Waals surface area contributed by atoms with E-state index in [1.165, 1.54) is 12.1 Å². The van der Waals surface area contributed by atoms with E-state index in [1.807, 2.05) is 18.2 Å². The van der Waals surface area contributed by atoms with E-state index in [1.54, 1.807) is 41.1 Å². The molecule has 0 spiro atoms. The number of carbonyl (C=O) groups excluding carboxylic acids is 2. The molecule has 0 radical (unpaired) electrons. The van der Waals surface area contributed by atoms with Crippen LogP contribution in [0, 0.1) is 5.82 Å². The van der Waals surface area contributed by atoms with Crippen molar-refractivity contribution in [1.82, 2.24) is 15.1 Å². The lowest BCUT2D eigenvalue weighted by atomic mass is 10.1. The molecule has 1 aromatic heterocycles. The van der Waals surface area contributed by atoms with Crippen LogP contribution in [-0.2, 0) is 16.0 Å². The molecule has 0 unspecified atom stereocenters. The van der Waals surface area contributed by atoms with Gasteiger partial charge in [0.1, 0.15) is 11.6 Å². The number of anilines is 1. The molecule has 184 valence electrons. The molecule has 0 saturated carbocycles. The number of nitrogens with zero attached hydrogens (tertiary/aromatic N) is 3. The molecule has 4 rings (SSSR count). The number of halogens is 1. The van der Waals surface area contributed by atoms with Crippen LogP contribution < -0.4 is 9.64 Å². The quantitative estimate of drug-likeness (QED) is 0.409. The van der Waals surface area contributed by atoms with Gasteiger partial charge in [-0.15, -0.1) is 0 Å². The number of nitrogens with one attached hydrogen (secondary N) is 1. The van der Waals surface area contributed by atoms with Crippen molar-refractivity contribution in [3.63, 3.8) is 0 Å². The Balaban J connectivity index is 1.12. The second kappa shape index (κ2) is 11.6. The number of unbranched alkanes of at least 4 members (excludes halogenated alkanes) is 2. The number of amides is 2. The van der Waals surface area contributed by atoms with Crippen LogP contribution in [-0.4, -0.2) is 53.7 Å². The number of hydrogen-bond acceptors (Lipinski definition) is 4. The molecular weight excluding hydrogens is 447 g/mol. The normalized spacial score (nSPS) is 13.3. The van der Waals surface area contributed by atoms with E-state index in [-0.39, 0.29) is 24.2 Å². The van der Waals surface area contributed by atoms with Gasteiger partial charge in [0.05, 0.1) is 5.69 Å². The average Bonchev–Trinajstić information content (AvgIpc) is 3.52. The molecule has 3 aromatic rings. The van der Waals surface area contributed by atoms with Crippen LogP contribution in [0.2, 0.25) is 0 Å². The van der Waals surface area contributed by atoms with Gasteiger partial charge in [-0.3, -0.25) is 14.7 Å². The maximum atomic E-state index is 13.1. The molecule has 0 atom stereocenters. The van der Waals surface area contributed by atoms with E-state index in [0.29, 0.717) is 18.7 Å². The van der Waals surface area contributed by atoms with Gasteiger partial charge in [-0.25, -0.2) is 4.39 Å². The highest BCUT2D eigenvalue weighted by molar-refractivity contribution is 5.95. The Kier molecular flexibility index (Phi) is 8.13. The van der Waals surface area contributed by atoms with Crippen molar-refractivity contribution < 1.29 is 18.7 Å². The zero-order valence-electron chi connectivity index (χ0n) is 20.0. The van der Waals surface area contributed by atoms with Crippen molar-refractivity contribution in [2.24, 2.45) is 0 Å². The number of H-pyrrole nitrogens is 1. The first-order valence-electron chi connectivity index (χ1n) is 12.1. The lowest BCUT2D eigenvalue weighted by molar-refractivity contribution is -0.132. The highest BCUT2D eigenvalue weighted by atomic mass is 19.1. The van der Waals surface area contributed by atoms with Crippen molar-refractivity contribution in [2.45, 2.75) is 38.5 Å². The van der Waals surface area contributed by atoms with Gasteiger partial charge < -0.3 is 14.5 Å². The van der Waals surface area contributed by atoms with Gasteiger partial charge in [0.25, 0.3) is 5.91 Å². The minimum Gasteiger partial charge on any atom is -0.484 e. The third-order valence-corrected chi connectivity index (χ3v) is 6.22. The molecule has 1 aliphatic rings. The lowest BCUT2D eigenvalue weighted by Gasteiger charge is -2.18. The second-order valence-electron chi connectivity index (χ2n) is 8.84. The molecule has 8 heteroatoms. The van der Waals surface area contributed by atoms with Crippen molar-refractivity contribution in [3.05, 3.63) is 66.1 Å². The number of rotatable bonds is 11. The van der Waals surface area contributed by atoms with Gasteiger partial charge in [0, 0.05) is 43.5 Å². The second-order valence-corrected chi connectivity index (χ2v) is 8.84. The maximum absolute atomic E-state index is 13.1. The van der Waals surface area contributed by atoms with E-state index in [0.717, 1.165) is 61.3 Å². The molecule has 0 aliphatic carbocycles. The molecule has 1 saturated heterocycles. The largest absolute Gasteiger partial charge is 0.484 e. The molecule has 1 N–H and O–H groups in total. The summed E-state index contributed by atoms with van der Waals surface area (Å²) in [6.07, 6.45) is 5.23. The van der Waals surface area contributed by atoms with Gasteiger partial charge in [-0.1, -0.05) is 6.42 Å². The fraction of sp³-hybridized carbons (Fsp3) is 0.370. The minimum atomic E-state index is -0.259. The number of hydrogen-bond donors (Lipinski definition) is 1. The molecule has 0 bridgehead atoms. The summed E-state index contributed by atoms with van der Waals surface area (Å²) in [7, 11) is 1.79. The first kappa shape index (κ1) is 24.4. The molecule has 35 heavy (non-hydrogen) atoms. The summed E-state index contributed by atoms with van der Waals surface area (Å²) >= 11 is 0. The molecule has 2 heterocycles. The van der Waals surface area contributed by atoms with Gasteiger partial charge in [-0.05, 0) is 80.3 Å². The van der Waals surface area contributed by atoms with E-state index < -0.39 is 0 Å². The number of likely N-dealkylation sites (N-methyl/N-ethyl adjacent to an activating group) is 1. The molecule has 2 amide bonds. The zero-order valence-corrected chi connectivity index (χ0v) is 20.0. The average molecular weight is 479 g/mol. The van der Waals surface area contributed by atoms with Gasteiger partial charge >= 0.3 is 0 Å². The monoisotopic (exact) mass is 478 g/mol. The van der Waals surface area contributed by atoms with Crippen LogP contribution >= 0.6 is 0 Å². The van der Waals surface area contributed by atoms with Crippen LogP contribution in [0.1, 0.15) is 37.8 Å². The fourth-order valence-corrected chi connectivity index (χ4v) is 4.12. The Morgan fingerprint density at radius 2 is 1.89 bits per heavy atom. The topological polar surface area (TPSA) is 78.5 Å². The molecule has 7 nitrogen and oxygen atoms in total. The third kappa shape index (κ3) is 6.68. The zero-order chi connectivity index (χ0) is 24.6. The Labute approximate surface area is 204 Å². The number of aryl methyl sites for hydroxylation is 1. The van der Waals surface area contributed by atoms with E-state index >= 15 is 0 Å². The minimum absolute atomic E-state index is 0.0151. The summed E-state index contributed by atoms with van der Waals surface area (Å²) < 4.78 is 18.7. The predicted molar refractivity (Wildman–Crippen MR) is 133 cm³/mol. The summed E-state index contributed by atoms with van der Waals surface area (Å²) in [5.41, 5.74) is 3.60. The summed E-state index contributed by atoms with van der Waals surface area (Å²) in [5, 5.41) is 7.35. The Hall–Kier alpha value is -3.68. The van der Waals surface area contributed by atoms with E-state index in [9.17, 15) is 14.0 Å². The number of carbonyl (C=O) groups is 2. The van der Waals surface area contributed by atoms with Crippen LogP contribution in [0.25, 0.3) is 11.3 Å². The summed E-state index contributed by atoms with van der Waals surface area (Å²) in [5.74, 6) is 0.433. The van der Waals surface area contributed by atoms with Crippen LogP contribution in [0.3, 0.4) is 0 Å². The third-order valence-electron chi connectivity index (χ3n) is 6.22. The molecule has 1 aliphatic heterocycles. The Morgan fingerprint density at radius 3 is 2.60 bits per heavy atom. The Morgan fingerprint density at radius 1 is 1.11 bits per heavy atom. The smallest absolute Gasteiger partial charge is 0.260 e. The van der Waals surface area contributed by atoms with Crippen molar-refractivity contribution in [2.75, 3.05) is 31.6 Å². The number of benzene rings is 2. The van der Waals surface area contributed by atoms with Gasteiger partial charge in [0.2, 0.25) is 5.91 Å². The molecule has 2 aromatic carbocycles. The van der Waals surface area contributed by atoms with E-state index in [4.69, 9.17) is 4.74 Å². The highest BCUT2D eigenvalue weighted by Gasteiger charge is 2.21. The first-order valence-corrected chi connectivity index (χ1v) is 12.1. The van der Waals surface area contributed by atoms with Crippen molar-refractivity contribution >= 4 is 17.5 Å². The van der Waals surface area contributed by atoms with Crippen LogP contribution in [0.15, 0.2) is 54.6 Å². The van der Waals surface area contributed by atoms with E-state index in [2.05, 4.69) is 10.2 Å². The number of aromatic nitrogens is 2. The van der Waals surface area contributed by atoms with Gasteiger partial charge in [-0.2, -0.15) is 5.10 Å². The summed E-state index contributed by atoms with van der Waals surface area (Å²) in [6.45, 7) is 1.40. The maximum Gasteiger partial charge on any atom is 0.260 e. The predicted octanol–water partition coefficient (Wildman–Crippen LogP) is 4.59. The first-order chi connectivity index (χ1) is 17.0. The SMILES string of the molecule is CN(CCCCCc1cc(-c2ccc(F)cc2)n[nH]1)C(=O)COc1ccc(N2CCCC2=O)cc1.